The van der Waals surface area contributed by atoms with Gasteiger partial charge in [-0.15, -0.1) is 0 Å². The van der Waals surface area contributed by atoms with Crippen molar-refractivity contribution in [1.82, 2.24) is 0 Å². The zero-order chi connectivity index (χ0) is 13.2. The van der Waals surface area contributed by atoms with E-state index in [0.29, 0.717) is 5.92 Å². The van der Waals surface area contributed by atoms with E-state index in [1.165, 1.54) is 24.8 Å². The van der Waals surface area contributed by atoms with Gasteiger partial charge in [-0.3, -0.25) is 4.79 Å². The van der Waals surface area contributed by atoms with Crippen molar-refractivity contribution in [2.75, 3.05) is 6.61 Å². The largest absolute Gasteiger partial charge is 0.368 e. The third-order valence-electron chi connectivity index (χ3n) is 3.42. The van der Waals surface area contributed by atoms with E-state index in [1.807, 2.05) is 39.0 Å². The van der Waals surface area contributed by atoms with Crippen LogP contribution in [0.2, 0.25) is 0 Å². The highest BCUT2D eigenvalue weighted by atomic mass is 16.5. The molecular weight excluding hydrogens is 224 g/mol. The molecule has 0 aliphatic heterocycles. The highest BCUT2D eigenvalue weighted by Crippen LogP contribution is 2.36. The van der Waals surface area contributed by atoms with Gasteiger partial charge in [0.2, 0.25) is 0 Å². The second-order valence-electron chi connectivity index (χ2n) is 6.08. The van der Waals surface area contributed by atoms with Crippen molar-refractivity contribution >= 4 is 5.78 Å². The molecule has 18 heavy (non-hydrogen) atoms. The topological polar surface area (TPSA) is 26.3 Å². The summed E-state index contributed by atoms with van der Waals surface area (Å²) in [6.07, 6.45) is 3.84. The molecule has 1 aromatic carbocycles. The Kier molecular flexibility index (Phi) is 3.86. The summed E-state index contributed by atoms with van der Waals surface area (Å²) in [7, 11) is 0. The summed E-state index contributed by atoms with van der Waals surface area (Å²) in [6.45, 7) is 6.05. The van der Waals surface area contributed by atoms with Gasteiger partial charge >= 0.3 is 0 Å². The van der Waals surface area contributed by atoms with Gasteiger partial charge in [-0.1, -0.05) is 24.6 Å². The second-order valence-corrected chi connectivity index (χ2v) is 6.08. The number of Topliss-reactive ketones (excluding diaryl/α,β-unsaturated/α-hetero) is 1. The number of hydrogen-bond acceptors (Lipinski definition) is 2. The Morgan fingerprint density at radius 3 is 2.61 bits per heavy atom. The number of ether oxygens (including phenoxy) is 1. The van der Waals surface area contributed by atoms with Crippen molar-refractivity contribution in [3.05, 3.63) is 35.4 Å². The van der Waals surface area contributed by atoms with E-state index in [2.05, 4.69) is 6.07 Å². The maximum atomic E-state index is 12.0. The summed E-state index contributed by atoms with van der Waals surface area (Å²) < 4.78 is 5.54. The van der Waals surface area contributed by atoms with Gasteiger partial charge in [-0.2, -0.15) is 0 Å². The standard InChI is InChI=1S/C16H22O2/c1-16(2,3)18-11-15(17)14-9-5-8-13(10-14)12-6-4-7-12/h5,8-10,12H,4,6-7,11H2,1-3H3. The molecule has 0 heterocycles. The number of benzene rings is 1. The molecule has 2 nitrogen and oxygen atoms in total. The Bertz CT molecular complexity index is 425. The minimum absolute atomic E-state index is 0.0751. The fraction of sp³-hybridized carbons (Fsp3) is 0.562. The van der Waals surface area contributed by atoms with Crippen LogP contribution in [0.5, 0.6) is 0 Å². The molecule has 1 aromatic rings. The van der Waals surface area contributed by atoms with Crippen molar-refractivity contribution in [2.45, 2.75) is 51.6 Å². The fourth-order valence-electron chi connectivity index (χ4n) is 2.07. The Hall–Kier alpha value is -1.15. The zero-order valence-corrected chi connectivity index (χ0v) is 11.5. The van der Waals surface area contributed by atoms with Crippen molar-refractivity contribution in [2.24, 2.45) is 0 Å². The van der Waals surface area contributed by atoms with Crippen LogP contribution in [0.15, 0.2) is 24.3 Å². The molecule has 2 heteroatoms. The lowest BCUT2D eigenvalue weighted by molar-refractivity contribution is 0.00306. The molecule has 1 aliphatic rings. The van der Waals surface area contributed by atoms with Crippen molar-refractivity contribution < 1.29 is 9.53 Å². The zero-order valence-electron chi connectivity index (χ0n) is 11.5. The lowest BCUT2D eigenvalue weighted by atomic mass is 9.79. The first-order valence-corrected chi connectivity index (χ1v) is 6.73. The molecule has 0 unspecified atom stereocenters. The van der Waals surface area contributed by atoms with Gasteiger partial charge < -0.3 is 4.74 Å². The third kappa shape index (κ3) is 3.42. The van der Waals surface area contributed by atoms with Gasteiger partial charge in [0.15, 0.2) is 5.78 Å². The first-order valence-electron chi connectivity index (χ1n) is 6.73. The first-order chi connectivity index (χ1) is 8.46. The average Bonchev–Trinajstić information content (AvgIpc) is 2.23. The number of rotatable bonds is 4. The monoisotopic (exact) mass is 246 g/mol. The van der Waals surface area contributed by atoms with Crippen LogP contribution in [-0.2, 0) is 4.74 Å². The van der Waals surface area contributed by atoms with Gasteiger partial charge in [0.05, 0.1) is 5.60 Å². The molecule has 0 amide bonds. The van der Waals surface area contributed by atoms with Crippen molar-refractivity contribution in [3.63, 3.8) is 0 Å². The lowest BCUT2D eigenvalue weighted by Gasteiger charge is -2.26. The summed E-state index contributed by atoms with van der Waals surface area (Å²) in [4.78, 5) is 12.0. The van der Waals surface area contributed by atoms with E-state index in [9.17, 15) is 4.79 Å². The Balaban J connectivity index is 2.01. The molecule has 0 aromatic heterocycles. The summed E-state index contributed by atoms with van der Waals surface area (Å²) in [6, 6.07) is 8.04. The fourth-order valence-corrected chi connectivity index (χ4v) is 2.07. The van der Waals surface area contributed by atoms with Crippen LogP contribution in [0.1, 0.15) is 61.9 Å². The molecule has 0 atom stereocenters. The molecule has 2 rings (SSSR count). The van der Waals surface area contributed by atoms with Crippen LogP contribution in [0.4, 0.5) is 0 Å². The van der Waals surface area contributed by atoms with Crippen LogP contribution >= 0.6 is 0 Å². The normalized spacial score (nSPS) is 16.4. The minimum Gasteiger partial charge on any atom is -0.368 e. The van der Waals surface area contributed by atoms with Gasteiger partial charge in [0.1, 0.15) is 6.61 Å². The predicted octanol–water partition coefficient (Wildman–Crippen LogP) is 3.95. The van der Waals surface area contributed by atoms with Crippen molar-refractivity contribution in [3.8, 4) is 0 Å². The van der Waals surface area contributed by atoms with Gasteiger partial charge in [-0.25, -0.2) is 0 Å². The third-order valence-corrected chi connectivity index (χ3v) is 3.42. The molecule has 1 aliphatic carbocycles. The molecule has 0 spiro atoms. The molecule has 1 fully saturated rings. The van der Waals surface area contributed by atoms with E-state index in [1.54, 1.807) is 0 Å². The summed E-state index contributed by atoms with van der Waals surface area (Å²) in [5.41, 5.74) is 1.83. The highest BCUT2D eigenvalue weighted by molar-refractivity contribution is 5.97. The lowest BCUT2D eigenvalue weighted by Crippen LogP contribution is -2.23. The summed E-state index contributed by atoms with van der Waals surface area (Å²) in [5, 5.41) is 0. The summed E-state index contributed by atoms with van der Waals surface area (Å²) >= 11 is 0. The van der Waals surface area contributed by atoms with Crippen LogP contribution in [0, 0.1) is 0 Å². The average molecular weight is 246 g/mol. The van der Waals surface area contributed by atoms with Crippen LogP contribution in [-0.4, -0.2) is 18.0 Å². The number of carbonyl (C=O) groups excluding carboxylic acids is 1. The Morgan fingerprint density at radius 1 is 1.33 bits per heavy atom. The summed E-state index contributed by atoms with van der Waals surface area (Å²) in [5.74, 6) is 0.743. The van der Waals surface area contributed by atoms with Gasteiger partial charge in [0, 0.05) is 5.56 Å². The maximum absolute atomic E-state index is 12.0. The molecule has 98 valence electrons. The molecular formula is C16H22O2. The van der Waals surface area contributed by atoms with E-state index >= 15 is 0 Å². The van der Waals surface area contributed by atoms with Gasteiger partial charge in [0.25, 0.3) is 0 Å². The van der Waals surface area contributed by atoms with E-state index in [0.717, 1.165) is 5.56 Å². The van der Waals surface area contributed by atoms with Crippen LogP contribution in [0.25, 0.3) is 0 Å². The molecule has 0 N–H and O–H groups in total. The Labute approximate surface area is 109 Å². The second kappa shape index (κ2) is 5.23. The quantitative estimate of drug-likeness (QED) is 0.752. The molecule has 0 bridgehead atoms. The first kappa shape index (κ1) is 13.3. The minimum atomic E-state index is -0.263. The van der Waals surface area contributed by atoms with E-state index in [4.69, 9.17) is 4.74 Å². The van der Waals surface area contributed by atoms with Crippen molar-refractivity contribution in [1.29, 1.82) is 0 Å². The van der Waals surface area contributed by atoms with Crippen LogP contribution < -0.4 is 0 Å². The molecule has 0 radical (unpaired) electrons. The smallest absolute Gasteiger partial charge is 0.188 e. The highest BCUT2D eigenvalue weighted by Gasteiger charge is 2.20. The number of carbonyl (C=O) groups is 1. The Morgan fingerprint density at radius 2 is 2.06 bits per heavy atom. The molecule has 1 saturated carbocycles. The SMILES string of the molecule is CC(C)(C)OCC(=O)c1cccc(C2CCC2)c1. The van der Waals surface area contributed by atoms with E-state index < -0.39 is 0 Å². The van der Waals surface area contributed by atoms with E-state index in [-0.39, 0.29) is 18.0 Å². The molecule has 0 saturated heterocycles. The predicted molar refractivity (Wildman–Crippen MR) is 73.1 cm³/mol. The van der Waals surface area contributed by atoms with Crippen LogP contribution in [0.3, 0.4) is 0 Å². The maximum Gasteiger partial charge on any atom is 0.188 e. The number of ketones is 1. The number of hydrogen-bond donors (Lipinski definition) is 0. The van der Waals surface area contributed by atoms with Gasteiger partial charge in [-0.05, 0) is 51.2 Å².